The minimum absolute atomic E-state index is 0.115. The highest BCUT2D eigenvalue weighted by molar-refractivity contribution is 7.09. The van der Waals surface area contributed by atoms with Gasteiger partial charge in [-0.3, -0.25) is 0 Å². The molecule has 0 aliphatic rings. The second-order valence-corrected chi connectivity index (χ2v) is 6.35. The molecule has 1 unspecified atom stereocenters. The fourth-order valence-electron chi connectivity index (χ4n) is 2.41. The number of aryl methyl sites for hydroxylation is 1. The van der Waals surface area contributed by atoms with Crippen LogP contribution in [0, 0.1) is 6.92 Å². The standard InChI is InChI=1S/C16H17ClN2OS/c1-3-18-13(8-15-19-10(2)9-21-15)14-7-11-5-4-6-12(17)16(11)20-14/h4-7,9,13,18H,3,8H2,1-2H3. The molecule has 1 N–H and O–H groups in total. The molecule has 3 aromatic rings. The third kappa shape index (κ3) is 3.12. The molecule has 0 amide bonds. The second kappa shape index (κ2) is 6.18. The molecule has 1 atom stereocenters. The Balaban J connectivity index is 1.93. The minimum atomic E-state index is 0.115. The lowest BCUT2D eigenvalue weighted by atomic mass is 10.1. The third-order valence-corrected chi connectivity index (χ3v) is 4.64. The Labute approximate surface area is 133 Å². The average Bonchev–Trinajstić information content (AvgIpc) is 3.05. The van der Waals surface area contributed by atoms with Crippen LogP contribution >= 0.6 is 22.9 Å². The predicted molar refractivity (Wildman–Crippen MR) is 88.2 cm³/mol. The van der Waals surface area contributed by atoms with E-state index in [0.29, 0.717) is 5.02 Å². The van der Waals surface area contributed by atoms with Crippen molar-refractivity contribution in [3.05, 3.63) is 51.1 Å². The van der Waals surface area contributed by atoms with E-state index in [0.717, 1.165) is 40.4 Å². The quantitative estimate of drug-likeness (QED) is 0.737. The molecule has 3 rings (SSSR count). The molecule has 0 aliphatic carbocycles. The molecule has 0 saturated carbocycles. The van der Waals surface area contributed by atoms with Crippen molar-refractivity contribution in [2.45, 2.75) is 26.3 Å². The molecule has 1 aromatic carbocycles. The van der Waals surface area contributed by atoms with E-state index in [1.54, 1.807) is 11.3 Å². The van der Waals surface area contributed by atoms with Crippen LogP contribution in [0.25, 0.3) is 11.0 Å². The monoisotopic (exact) mass is 320 g/mol. The largest absolute Gasteiger partial charge is 0.458 e. The molecule has 0 spiro atoms. The fourth-order valence-corrected chi connectivity index (χ4v) is 3.45. The zero-order valence-electron chi connectivity index (χ0n) is 12.0. The number of benzene rings is 1. The number of likely N-dealkylation sites (N-methyl/N-ethyl adjacent to an activating group) is 1. The summed E-state index contributed by atoms with van der Waals surface area (Å²) in [5.41, 5.74) is 1.82. The van der Waals surface area contributed by atoms with E-state index in [4.69, 9.17) is 16.0 Å². The van der Waals surface area contributed by atoms with Gasteiger partial charge in [0.1, 0.15) is 5.76 Å². The molecule has 2 aromatic heterocycles. The number of aromatic nitrogens is 1. The molecular formula is C16H17ClN2OS. The normalized spacial score (nSPS) is 12.9. The average molecular weight is 321 g/mol. The van der Waals surface area contributed by atoms with Crippen molar-refractivity contribution in [3.8, 4) is 0 Å². The number of rotatable bonds is 5. The summed E-state index contributed by atoms with van der Waals surface area (Å²) in [5, 5.41) is 8.35. The maximum Gasteiger partial charge on any atom is 0.152 e. The zero-order chi connectivity index (χ0) is 14.8. The van der Waals surface area contributed by atoms with Crippen LogP contribution in [-0.4, -0.2) is 11.5 Å². The lowest BCUT2D eigenvalue weighted by Gasteiger charge is -2.13. The van der Waals surface area contributed by atoms with E-state index >= 15 is 0 Å². The first-order valence-electron chi connectivity index (χ1n) is 6.99. The molecular weight excluding hydrogens is 304 g/mol. The Kier molecular flexibility index (Phi) is 4.29. The molecule has 0 bridgehead atoms. The van der Waals surface area contributed by atoms with E-state index in [2.05, 4.69) is 28.7 Å². The summed E-state index contributed by atoms with van der Waals surface area (Å²) in [4.78, 5) is 4.54. The van der Waals surface area contributed by atoms with E-state index in [9.17, 15) is 0 Å². The molecule has 3 nitrogen and oxygen atoms in total. The van der Waals surface area contributed by atoms with Crippen molar-refractivity contribution in [1.29, 1.82) is 0 Å². The summed E-state index contributed by atoms with van der Waals surface area (Å²) in [7, 11) is 0. The Morgan fingerprint density at radius 1 is 1.43 bits per heavy atom. The van der Waals surface area contributed by atoms with Gasteiger partial charge < -0.3 is 9.73 Å². The lowest BCUT2D eigenvalue weighted by Crippen LogP contribution is -2.22. The van der Waals surface area contributed by atoms with Gasteiger partial charge in [0.2, 0.25) is 0 Å². The van der Waals surface area contributed by atoms with Gasteiger partial charge in [0, 0.05) is 22.9 Å². The molecule has 110 valence electrons. The van der Waals surface area contributed by atoms with Crippen molar-refractivity contribution in [2.24, 2.45) is 0 Å². The van der Waals surface area contributed by atoms with Crippen LogP contribution in [0.1, 0.15) is 29.4 Å². The van der Waals surface area contributed by atoms with Crippen LogP contribution in [0.15, 0.2) is 34.1 Å². The van der Waals surface area contributed by atoms with Gasteiger partial charge in [-0.15, -0.1) is 11.3 Å². The minimum Gasteiger partial charge on any atom is -0.458 e. The highest BCUT2D eigenvalue weighted by atomic mass is 35.5. The van der Waals surface area contributed by atoms with Crippen molar-refractivity contribution in [3.63, 3.8) is 0 Å². The first kappa shape index (κ1) is 14.6. The molecule has 0 saturated heterocycles. The van der Waals surface area contributed by atoms with Crippen molar-refractivity contribution in [2.75, 3.05) is 6.54 Å². The van der Waals surface area contributed by atoms with Crippen LogP contribution in [0.3, 0.4) is 0 Å². The molecule has 0 radical (unpaired) electrons. The van der Waals surface area contributed by atoms with Gasteiger partial charge in [0.25, 0.3) is 0 Å². The number of hydrogen-bond donors (Lipinski definition) is 1. The summed E-state index contributed by atoms with van der Waals surface area (Å²) in [5.74, 6) is 0.910. The van der Waals surface area contributed by atoms with Crippen LogP contribution in [-0.2, 0) is 6.42 Å². The number of nitrogens with one attached hydrogen (secondary N) is 1. The third-order valence-electron chi connectivity index (χ3n) is 3.35. The summed E-state index contributed by atoms with van der Waals surface area (Å²) >= 11 is 7.88. The maximum atomic E-state index is 6.19. The number of para-hydroxylation sites is 1. The van der Waals surface area contributed by atoms with E-state index in [1.165, 1.54) is 0 Å². The predicted octanol–water partition coefficient (Wildman–Crippen LogP) is 4.74. The molecule has 2 heterocycles. The molecule has 0 fully saturated rings. The molecule has 21 heavy (non-hydrogen) atoms. The molecule has 0 aliphatic heterocycles. The molecule has 5 heteroatoms. The Morgan fingerprint density at radius 2 is 2.29 bits per heavy atom. The van der Waals surface area contributed by atoms with Gasteiger partial charge in [-0.2, -0.15) is 0 Å². The number of furan rings is 1. The maximum absolute atomic E-state index is 6.19. The zero-order valence-corrected chi connectivity index (χ0v) is 13.6. The van der Waals surface area contributed by atoms with Crippen LogP contribution in [0.5, 0.6) is 0 Å². The number of hydrogen-bond acceptors (Lipinski definition) is 4. The summed E-state index contributed by atoms with van der Waals surface area (Å²) in [6.07, 6.45) is 0.823. The summed E-state index contributed by atoms with van der Waals surface area (Å²) in [6, 6.07) is 7.99. The first-order valence-corrected chi connectivity index (χ1v) is 8.25. The van der Waals surface area contributed by atoms with Crippen molar-refractivity contribution >= 4 is 33.9 Å². The van der Waals surface area contributed by atoms with Crippen LogP contribution in [0.2, 0.25) is 5.02 Å². The lowest BCUT2D eigenvalue weighted by molar-refractivity contribution is 0.434. The first-order chi connectivity index (χ1) is 10.2. The number of nitrogens with zero attached hydrogens (tertiary/aromatic N) is 1. The number of halogens is 1. The summed E-state index contributed by atoms with van der Waals surface area (Å²) < 4.78 is 5.97. The Morgan fingerprint density at radius 3 is 2.95 bits per heavy atom. The van der Waals surface area contributed by atoms with Gasteiger partial charge in [-0.05, 0) is 25.6 Å². The second-order valence-electron chi connectivity index (χ2n) is 5.00. The van der Waals surface area contributed by atoms with Crippen molar-refractivity contribution in [1.82, 2.24) is 10.3 Å². The highest BCUT2D eigenvalue weighted by Crippen LogP contribution is 2.31. The fraction of sp³-hybridized carbons (Fsp3) is 0.312. The van der Waals surface area contributed by atoms with E-state index < -0.39 is 0 Å². The topological polar surface area (TPSA) is 38.1 Å². The number of thiazole rings is 1. The Bertz CT molecular complexity index is 750. The van der Waals surface area contributed by atoms with Gasteiger partial charge in [-0.1, -0.05) is 30.7 Å². The smallest absolute Gasteiger partial charge is 0.152 e. The van der Waals surface area contributed by atoms with E-state index in [-0.39, 0.29) is 6.04 Å². The van der Waals surface area contributed by atoms with E-state index in [1.807, 2.05) is 25.1 Å². The van der Waals surface area contributed by atoms with Gasteiger partial charge in [0.05, 0.1) is 16.1 Å². The SMILES string of the molecule is CCNC(Cc1nc(C)cs1)c1cc2cccc(Cl)c2o1. The highest BCUT2D eigenvalue weighted by Gasteiger charge is 2.18. The van der Waals surface area contributed by atoms with Crippen LogP contribution < -0.4 is 5.32 Å². The van der Waals surface area contributed by atoms with Crippen molar-refractivity contribution < 1.29 is 4.42 Å². The Hall–Kier alpha value is -1.36. The van der Waals surface area contributed by atoms with Crippen LogP contribution in [0.4, 0.5) is 0 Å². The van der Waals surface area contributed by atoms with Gasteiger partial charge >= 0.3 is 0 Å². The summed E-state index contributed by atoms with van der Waals surface area (Å²) in [6.45, 7) is 4.98. The van der Waals surface area contributed by atoms with Gasteiger partial charge in [-0.25, -0.2) is 4.98 Å². The number of fused-ring (bicyclic) bond motifs is 1. The van der Waals surface area contributed by atoms with Gasteiger partial charge in [0.15, 0.2) is 5.58 Å².